The lowest BCUT2D eigenvalue weighted by Gasteiger charge is -2.38. The molecule has 2 unspecified atom stereocenters. The van der Waals surface area contributed by atoms with Crippen molar-refractivity contribution in [3.8, 4) is 11.8 Å². The number of amides is 1. The Balaban J connectivity index is 1.46. The third-order valence-corrected chi connectivity index (χ3v) is 6.27. The summed E-state index contributed by atoms with van der Waals surface area (Å²) in [6.07, 6.45) is 4.27. The number of piperidine rings is 1. The van der Waals surface area contributed by atoms with Crippen LogP contribution >= 0.6 is 11.6 Å². The molecular weight excluding hydrogens is 456 g/mol. The van der Waals surface area contributed by atoms with Gasteiger partial charge in [-0.3, -0.25) is 4.79 Å². The number of ether oxygens (including phenoxy) is 2. The minimum atomic E-state index is -0.267. The van der Waals surface area contributed by atoms with Crippen molar-refractivity contribution in [2.45, 2.75) is 31.4 Å². The van der Waals surface area contributed by atoms with Gasteiger partial charge in [0.2, 0.25) is 0 Å². The lowest BCUT2D eigenvalue weighted by atomic mass is 10.0. The lowest BCUT2D eigenvalue weighted by Crippen LogP contribution is -2.54. The van der Waals surface area contributed by atoms with Crippen molar-refractivity contribution < 1.29 is 14.3 Å². The quantitative estimate of drug-likeness (QED) is 0.345. The molecule has 0 radical (unpaired) electrons. The van der Waals surface area contributed by atoms with Crippen molar-refractivity contribution in [2.75, 3.05) is 51.4 Å². The maximum atomic E-state index is 12.9. The number of nitrogens with zero attached hydrogens (tertiary/aromatic N) is 3. The molecule has 9 nitrogen and oxygen atoms in total. The second-order valence-corrected chi connectivity index (χ2v) is 8.57. The summed E-state index contributed by atoms with van der Waals surface area (Å²) in [6.45, 7) is 3.26. The summed E-state index contributed by atoms with van der Waals surface area (Å²) in [4.78, 5) is 19.5. The molecule has 0 bridgehead atoms. The number of hydrogen-bond acceptors (Lipinski definition) is 8. The first kappa shape index (κ1) is 25.6. The number of unbranched alkanes of at least 4 members (excludes halogenated alkanes) is 1. The maximum absolute atomic E-state index is 12.9. The largest absolute Gasteiger partial charge is 0.496 e. The predicted octanol–water partition coefficient (Wildman–Crippen LogP) is 2.91. The minimum absolute atomic E-state index is 0.120. The number of carbonyl (C=O) groups excluding carboxylic acids is 1. The first-order valence-corrected chi connectivity index (χ1v) is 11.6. The van der Waals surface area contributed by atoms with E-state index in [1.54, 1.807) is 31.5 Å². The van der Waals surface area contributed by atoms with Gasteiger partial charge in [-0.15, -0.1) is 0 Å². The Bertz CT molecular complexity index is 1030. The van der Waals surface area contributed by atoms with E-state index in [2.05, 4.69) is 26.6 Å². The normalized spacial score (nSPS) is 18.2. The first-order chi connectivity index (χ1) is 16.5. The van der Waals surface area contributed by atoms with Crippen molar-refractivity contribution >= 4 is 29.0 Å². The number of hydrogen-bond donors (Lipinski definition) is 3. The fourth-order valence-electron chi connectivity index (χ4n) is 4.05. The number of carbonyl (C=O) groups is 1. The van der Waals surface area contributed by atoms with Gasteiger partial charge >= 0.3 is 0 Å². The molecule has 2 heterocycles. The summed E-state index contributed by atoms with van der Waals surface area (Å²) in [5.41, 5.74) is 7.08. The van der Waals surface area contributed by atoms with Gasteiger partial charge in [-0.1, -0.05) is 11.6 Å². The molecule has 1 fully saturated rings. The van der Waals surface area contributed by atoms with Crippen molar-refractivity contribution in [1.29, 1.82) is 5.26 Å². The van der Waals surface area contributed by atoms with Crippen LogP contribution in [0.4, 0.5) is 11.5 Å². The van der Waals surface area contributed by atoms with E-state index in [-0.39, 0.29) is 18.1 Å². The Hall–Kier alpha value is -3.06. The average Bonchev–Trinajstić information content (AvgIpc) is 2.86. The molecule has 0 saturated carbocycles. The van der Waals surface area contributed by atoms with Crippen LogP contribution in [0.15, 0.2) is 30.5 Å². The summed E-state index contributed by atoms with van der Waals surface area (Å²) in [6, 6.07) is 8.61. The van der Waals surface area contributed by atoms with Crippen molar-refractivity contribution in [3.05, 3.63) is 46.6 Å². The number of pyridine rings is 1. The van der Waals surface area contributed by atoms with Gasteiger partial charge in [0.1, 0.15) is 17.6 Å². The zero-order valence-corrected chi connectivity index (χ0v) is 20.3. The molecule has 182 valence electrons. The second-order valence-electron chi connectivity index (χ2n) is 8.16. The molecular formula is C24H31ClN6O3. The Labute approximate surface area is 205 Å². The number of aromatic nitrogens is 1. The van der Waals surface area contributed by atoms with Crippen LogP contribution in [0.2, 0.25) is 5.02 Å². The highest BCUT2D eigenvalue weighted by molar-refractivity contribution is 6.33. The van der Waals surface area contributed by atoms with Crippen LogP contribution < -0.4 is 21.1 Å². The van der Waals surface area contributed by atoms with Gasteiger partial charge in [-0.05, 0) is 44.0 Å². The van der Waals surface area contributed by atoms with E-state index < -0.39 is 0 Å². The Morgan fingerprint density at radius 3 is 2.94 bits per heavy atom. The summed E-state index contributed by atoms with van der Waals surface area (Å²) >= 11 is 6.11. The van der Waals surface area contributed by atoms with Gasteiger partial charge in [0.15, 0.2) is 0 Å². The number of nitrogens with two attached hydrogens (primary N) is 1. The Morgan fingerprint density at radius 1 is 1.38 bits per heavy atom. The summed E-state index contributed by atoms with van der Waals surface area (Å²) in [5.74, 6) is 0.739. The van der Waals surface area contributed by atoms with E-state index in [0.717, 1.165) is 45.4 Å². The number of methoxy groups -OCH3 is 2. The number of halogens is 1. The van der Waals surface area contributed by atoms with Gasteiger partial charge in [0.05, 0.1) is 41.1 Å². The van der Waals surface area contributed by atoms with Gasteiger partial charge < -0.3 is 30.7 Å². The van der Waals surface area contributed by atoms with Crippen molar-refractivity contribution in [2.24, 2.45) is 0 Å². The highest BCUT2D eigenvalue weighted by atomic mass is 35.5. The number of nitriles is 1. The van der Waals surface area contributed by atoms with Crippen LogP contribution in [0.3, 0.4) is 0 Å². The van der Waals surface area contributed by atoms with Crippen LogP contribution in [0.5, 0.6) is 5.75 Å². The number of likely N-dealkylation sites (tertiary alicyclic amines) is 1. The number of nitrogen functional groups attached to an aromatic ring is 1. The first-order valence-electron chi connectivity index (χ1n) is 11.2. The summed E-state index contributed by atoms with van der Waals surface area (Å²) in [7, 11) is 3.15. The molecule has 1 aliphatic heterocycles. The number of anilines is 2. The van der Waals surface area contributed by atoms with E-state index in [1.807, 2.05) is 0 Å². The van der Waals surface area contributed by atoms with Crippen LogP contribution in [0, 0.1) is 11.3 Å². The highest BCUT2D eigenvalue weighted by Crippen LogP contribution is 2.29. The average molecular weight is 487 g/mol. The lowest BCUT2D eigenvalue weighted by molar-refractivity contribution is 0.00606. The third kappa shape index (κ3) is 6.50. The Morgan fingerprint density at radius 2 is 2.21 bits per heavy atom. The zero-order valence-electron chi connectivity index (χ0n) is 19.5. The van der Waals surface area contributed by atoms with E-state index in [0.29, 0.717) is 33.4 Å². The SMILES string of the molecule is COc1cc(N)c(Cl)cc1C(=O)NC1CCN(CCCCNc2ncccc2C#N)CC1OC. The second kappa shape index (κ2) is 12.4. The van der Waals surface area contributed by atoms with Crippen LogP contribution in [-0.4, -0.2) is 68.3 Å². The molecule has 1 saturated heterocycles. The number of rotatable bonds is 10. The summed E-state index contributed by atoms with van der Waals surface area (Å²) in [5, 5.41) is 15.7. The van der Waals surface area contributed by atoms with Crippen LogP contribution in [0.25, 0.3) is 0 Å². The third-order valence-electron chi connectivity index (χ3n) is 5.95. The van der Waals surface area contributed by atoms with Gasteiger partial charge in [0.25, 0.3) is 5.91 Å². The van der Waals surface area contributed by atoms with Crippen LogP contribution in [-0.2, 0) is 4.74 Å². The van der Waals surface area contributed by atoms with Gasteiger partial charge in [-0.2, -0.15) is 5.26 Å². The molecule has 0 spiro atoms. The van der Waals surface area contributed by atoms with Crippen LogP contribution in [0.1, 0.15) is 35.2 Å². The molecule has 1 aromatic heterocycles. The number of benzene rings is 1. The predicted molar refractivity (Wildman–Crippen MR) is 132 cm³/mol. The Kier molecular flexibility index (Phi) is 9.33. The molecule has 0 aliphatic carbocycles. The standard InChI is InChI=1S/C24H31ClN6O3/c1-33-21-13-19(27)18(25)12-17(21)24(32)30-20-7-11-31(15-22(20)34-2)10-4-3-8-28-23-16(14-26)6-5-9-29-23/h5-6,9,12-13,20,22H,3-4,7-8,10-11,15,27H2,1-2H3,(H,28,29)(H,30,32). The molecule has 34 heavy (non-hydrogen) atoms. The summed E-state index contributed by atoms with van der Waals surface area (Å²) < 4.78 is 11.0. The van der Waals surface area contributed by atoms with E-state index in [1.165, 1.54) is 13.2 Å². The number of nitrogens with one attached hydrogen (secondary N) is 2. The topological polar surface area (TPSA) is 126 Å². The molecule has 1 aromatic carbocycles. The fourth-order valence-corrected chi connectivity index (χ4v) is 4.22. The highest BCUT2D eigenvalue weighted by Gasteiger charge is 2.31. The molecule has 3 rings (SSSR count). The molecule has 1 amide bonds. The van der Waals surface area contributed by atoms with Gasteiger partial charge in [-0.25, -0.2) is 4.98 Å². The van der Waals surface area contributed by atoms with E-state index in [9.17, 15) is 4.79 Å². The maximum Gasteiger partial charge on any atom is 0.255 e. The molecule has 10 heteroatoms. The molecule has 2 aromatic rings. The van der Waals surface area contributed by atoms with E-state index in [4.69, 9.17) is 32.1 Å². The van der Waals surface area contributed by atoms with E-state index >= 15 is 0 Å². The van der Waals surface area contributed by atoms with Crippen molar-refractivity contribution in [1.82, 2.24) is 15.2 Å². The van der Waals surface area contributed by atoms with Crippen molar-refractivity contribution in [3.63, 3.8) is 0 Å². The fraction of sp³-hybridized carbons (Fsp3) is 0.458. The smallest absolute Gasteiger partial charge is 0.255 e. The minimum Gasteiger partial charge on any atom is -0.496 e. The zero-order chi connectivity index (χ0) is 24.5. The monoisotopic (exact) mass is 486 g/mol. The van der Waals surface area contributed by atoms with Gasteiger partial charge in [0, 0.05) is 39.0 Å². The molecule has 1 aliphatic rings. The molecule has 2 atom stereocenters. The molecule has 4 N–H and O–H groups in total.